The summed E-state index contributed by atoms with van der Waals surface area (Å²) in [5, 5.41) is -0.0586. The van der Waals surface area contributed by atoms with Crippen molar-refractivity contribution in [2.75, 3.05) is 13.7 Å². The number of carbonyl (C=O) groups is 1. The van der Waals surface area contributed by atoms with Gasteiger partial charge in [0.15, 0.2) is 28.5 Å². The van der Waals surface area contributed by atoms with Crippen LogP contribution in [-0.2, 0) is 32.6 Å². The Kier molecular flexibility index (Phi) is 7.91. The van der Waals surface area contributed by atoms with Gasteiger partial charge in [0, 0.05) is 0 Å². The molecule has 2 aliphatic heterocycles. The zero-order valence-electron chi connectivity index (χ0n) is 22.5. The molecule has 0 spiro atoms. The van der Waals surface area contributed by atoms with Crippen molar-refractivity contribution in [2.24, 2.45) is 0 Å². The molecule has 2 rings (SSSR count). The van der Waals surface area contributed by atoms with Crippen LogP contribution in [0.1, 0.15) is 55.4 Å². The van der Waals surface area contributed by atoms with Crippen LogP contribution in [0, 0.1) is 0 Å². The highest BCUT2D eigenvalue weighted by atomic mass is 28.4. The molecule has 32 heavy (non-hydrogen) atoms. The van der Waals surface area contributed by atoms with E-state index >= 15 is 0 Å². The van der Waals surface area contributed by atoms with Crippen LogP contribution >= 0.6 is 0 Å². The third kappa shape index (κ3) is 5.85. The van der Waals surface area contributed by atoms with Crippen LogP contribution < -0.4 is 0 Å². The second-order valence-electron chi connectivity index (χ2n) is 12.6. The van der Waals surface area contributed by atoms with Crippen molar-refractivity contribution in [3.63, 3.8) is 0 Å². The minimum Gasteiger partial charge on any atom is -0.467 e. The van der Waals surface area contributed by atoms with Crippen LogP contribution in [0.5, 0.6) is 0 Å². The van der Waals surface area contributed by atoms with E-state index in [9.17, 15) is 4.79 Å². The molecule has 0 aromatic rings. The summed E-state index contributed by atoms with van der Waals surface area (Å²) >= 11 is 0. The number of esters is 1. The molecule has 7 nitrogen and oxygen atoms in total. The van der Waals surface area contributed by atoms with Gasteiger partial charge in [-0.3, -0.25) is 0 Å². The Balaban J connectivity index is 2.50. The lowest BCUT2D eigenvalue weighted by molar-refractivity contribution is -0.169. The molecule has 0 bridgehead atoms. The molecule has 2 fully saturated rings. The van der Waals surface area contributed by atoms with Crippen molar-refractivity contribution < 1.29 is 32.6 Å². The maximum atomic E-state index is 12.8. The van der Waals surface area contributed by atoms with Gasteiger partial charge in [-0.15, -0.1) is 0 Å². The minimum absolute atomic E-state index is 0.0191. The smallest absolute Gasteiger partial charge is 0.337 e. The molecule has 2 saturated heterocycles. The molecular formula is C23H46O7Si2. The first-order chi connectivity index (χ1) is 14.2. The van der Waals surface area contributed by atoms with E-state index in [4.69, 9.17) is 27.8 Å². The largest absolute Gasteiger partial charge is 0.467 e. The second kappa shape index (κ2) is 9.05. The van der Waals surface area contributed by atoms with Crippen molar-refractivity contribution in [1.82, 2.24) is 0 Å². The Morgan fingerprint density at radius 1 is 0.906 bits per heavy atom. The van der Waals surface area contributed by atoms with Crippen LogP contribution in [0.4, 0.5) is 0 Å². The van der Waals surface area contributed by atoms with E-state index in [-0.39, 0.29) is 16.2 Å². The molecule has 9 heteroatoms. The van der Waals surface area contributed by atoms with Gasteiger partial charge in [-0.2, -0.15) is 0 Å². The molecule has 0 N–H and O–H groups in total. The fourth-order valence-electron chi connectivity index (χ4n) is 3.46. The quantitative estimate of drug-likeness (QED) is 0.389. The van der Waals surface area contributed by atoms with E-state index in [1.807, 2.05) is 13.8 Å². The first-order valence-electron chi connectivity index (χ1n) is 11.6. The maximum absolute atomic E-state index is 12.8. The zero-order valence-corrected chi connectivity index (χ0v) is 24.5. The van der Waals surface area contributed by atoms with Gasteiger partial charge >= 0.3 is 5.97 Å². The van der Waals surface area contributed by atoms with Gasteiger partial charge < -0.3 is 27.8 Å². The molecule has 188 valence electrons. The first-order valence-corrected chi connectivity index (χ1v) is 17.4. The average Bonchev–Trinajstić information content (AvgIpc) is 3.12. The van der Waals surface area contributed by atoms with Crippen molar-refractivity contribution in [3.8, 4) is 0 Å². The van der Waals surface area contributed by atoms with E-state index in [0.717, 1.165) is 0 Å². The first kappa shape index (κ1) is 27.9. The van der Waals surface area contributed by atoms with E-state index in [2.05, 4.69) is 67.7 Å². The lowest BCUT2D eigenvalue weighted by Crippen LogP contribution is -2.56. The molecular weight excluding hydrogens is 444 g/mol. The molecule has 0 unspecified atom stereocenters. The predicted octanol–water partition coefficient (Wildman–Crippen LogP) is 4.86. The van der Waals surface area contributed by atoms with E-state index in [0.29, 0.717) is 6.61 Å². The molecule has 5 atom stereocenters. The third-order valence-electron chi connectivity index (χ3n) is 7.55. The van der Waals surface area contributed by atoms with Crippen LogP contribution in [0.15, 0.2) is 0 Å². The number of ether oxygens (including phenoxy) is 4. The Labute approximate surface area is 197 Å². The molecule has 2 aliphatic rings. The van der Waals surface area contributed by atoms with Gasteiger partial charge in [0.2, 0.25) is 0 Å². The maximum Gasteiger partial charge on any atom is 0.337 e. The highest BCUT2D eigenvalue weighted by molar-refractivity contribution is 6.74. The van der Waals surface area contributed by atoms with Gasteiger partial charge in [-0.25, -0.2) is 4.79 Å². The highest BCUT2D eigenvalue weighted by Crippen LogP contribution is 2.45. The summed E-state index contributed by atoms with van der Waals surface area (Å²) < 4.78 is 37.2. The Morgan fingerprint density at radius 3 is 1.75 bits per heavy atom. The third-order valence-corrected chi connectivity index (χ3v) is 16.5. The van der Waals surface area contributed by atoms with Gasteiger partial charge in [-0.05, 0) is 50.1 Å². The van der Waals surface area contributed by atoms with E-state index in [1.165, 1.54) is 7.11 Å². The lowest BCUT2D eigenvalue weighted by Gasteiger charge is -2.44. The van der Waals surface area contributed by atoms with Crippen molar-refractivity contribution in [1.29, 1.82) is 0 Å². The predicted molar refractivity (Wildman–Crippen MR) is 130 cm³/mol. The normalized spacial score (nSPS) is 31.7. The molecule has 0 radical (unpaired) electrons. The summed E-state index contributed by atoms with van der Waals surface area (Å²) in [5.74, 6) is -1.16. The van der Waals surface area contributed by atoms with Crippen LogP contribution in [-0.4, -0.2) is 72.6 Å². The fourth-order valence-corrected chi connectivity index (χ4v) is 6.06. The second-order valence-corrected chi connectivity index (χ2v) is 22.1. The summed E-state index contributed by atoms with van der Waals surface area (Å²) in [6.07, 6.45) is -2.77. The van der Waals surface area contributed by atoms with E-state index < -0.39 is 52.8 Å². The monoisotopic (exact) mass is 490 g/mol. The molecule has 0 amide bonds. The van der Waals surface area contributed by atoms with Gasteiger partial charge in [0.25, 0.3) is 0 Å². The van der Waals surface area contributed by atoms with Crippen molar-refractivity contribution >= 4 is 22.6 Å². The summed E-state index contributed by atoms with van der Waals surface area (Å²) in [6.45, 7) is 26.0. The van der Waals surface area contributed by atoms with Crippen LogP contribution in [0.2, 0.25) is 36.3 Å². The lowest BCUT2D eigenvalue weighted by atomic mass is 10.0. The average molecular weight is 491 g/mol. The molecule has 0 saturated carbocycles. The molecule has 0 aliphatic carbocycles. The number of carbonyl (C=O) groups excluding carboxylic acids is 1. The van der Waals surface area contributed by atoms with Crippen molar-refractivity contribution in [2.45, 2.75) is 128 Å². The van der Waals surface area contributed by atoms with Gasteiger partial charge in [0.1, 0.15) is 24.4 Å². The summed E-state index contributed by atoms with van der Waals surface area (Å²) in [4.78, 5) is 12.8. The van der Waals surface area contributed by atoms with Gasteiger partial charge in [0.05, 0.1) is 13.7 Å². The molecule has 0 aromatic heterocycles. The number of hydrogen-bond acceptors (Lipinski definition) is 7. The highest BCUT2D eigenvalue weighted by Gasteiger charge is 2.59. The topological polar surface area (TPSA) is 72.5 Å². The standard InChI is InChI=1S/C23H46O7Si2/c1-21(2,3)31(10,11)29-17-16(15-14-26-23(7,8)28-15)27-19(20(24)25-9)18(17)30-32(12,13)22(4,5)6/h15-19H,14H2,1-13H3/t15-,16-,17+,18-,19+/m1/s1. The Hall–Kier alpha value is -0.296. The van der Waals surface area contributed by atoms with E-state index in [1.54, 1.807) is 0 Å². The Morgan fingerprint density at radius 2 is 1.38 bits per heavy atom. The summed E-state index contributed by atoms with van der Waals surface area (Å²) in [6, 6.07) is 0. The zero-order chi connectivity index (χ0) is 24.9. The summed E-state index contributed by atoms with van der Waals surface area (Å²) in [5.41, 5.74) is 0. The van der Waals surface area contributed by atoms with Crippen LogP contribution in [0.25, 0.3) is 0 Å². The SMILES string of the molecule is COC(=O)[C@H]1O[C@H]([C@H]2COC(C)(C)O2)[C@H](O[Si](C)(C)C(C)(C)C)[C@H]1O[Si](C)(C)C(C)(C)C. The molecule has 2 heterocycles. The number of hydrogen-bond donors (Lipinski definition) is 0. The number of rotatable bonds is 6. The minimum atomic E-state index is -2.26. The number of methoxy groups -OCH3 is 1. The fraction of sp³-hybridized carbons (Fsp3) is 0.957. The summed E-state index contributed by atoms with van der Waals surface area (Å²) in [7, 11) is -3.10. The van der Waals surface area contributed by atoms with Crippen molar-refractivity contribution in [3.05, 3.63) is 0 Å². The van der Waals surface area contributed by atoms with Crippen LogP contribution in [0.3, 0.4) is 0 Å². The van der Waals surface area contributed by atoms with Gasteiger partial charge in [-0.1, -0.05) is 41.5 Å². The molecule has 0 aromatic carbocycles. The Bertz CT molecular complexity index is 679.